The molecule has 0 spiro atoms. The molecule has 4 heteroatoms. The minimum atomic E-state index is -1.23. The van der Waals surface area contributed by atoms with Crippen molar-refractivity contribution in [2.45, 2.75) is 32.4 Å². The Morgan fingerprint density at radius 1 is 1.35 bits per heavy atom. The van der Waals surface area contributed by atoms with Crippen molar-refractivity contribution in [2.24, 2.45) is 4.40 Å². The zero-order chi connectivity index (χ0) is 13.1. The Labute approximate surface area is 106 Å². The van der Waals surface area contributed by atoms with E-state index in [9.17, 15) is 4.21 Å². The Kier molecular flexibility index (Phi) is 4.46. The second-order valence-corrected chi connectivity index (χ2v) is 6.75. The van der Waals surface area contributed by atoms with Gasteiger partial charge in [-0.25, -0.2) is 4.21 Å². The van der Waals surface area contributed by atoms with Crippen molar-refractivity contribution < 1.29 is 8.95 Å². The second-order valence-electron chi connectivity index (χ2n) is 4.82. The van der Waals surface area contributed by atoms with Crippen LogP contribution < -0.4 is 4.74 Å². The van der Waals surface area contributed by atoms with Gasteiger partial charge in [-0.15, -0.1) is 0 Å². The van der Waals surface area contributed by atoms with Crippen molar-refractivity contribution in [1.29, 1.82) is 0 Å². The number of aryl methyl sites for hydroxylation is 1. The van der Waals surface area contributed by atoms with E-state index in [0.717, 1.165) is 16.9 Å². The van der Waals surface area contributed by atoms with Gasteiger partial charge in [0.2, 0.25) is 0 Å². The third kappa shape index (κ3) is 3.97. The van der Waals surface area contributed by atoms with Crippen LogP contribution in [0.2, 0.25) is 0 Å². The lowest BCUT2D eigenvalue weighted by molar-refractivity contribution is 0.414. The fraction of sp³-hybridized carbons (Fsp3) is 0.462. The zero-order valence-corrected chi connectivity index (χ0v) is 11.8. The quantitative estimate of drug-likeness (QED) is 0.777. The van der Waals surface area contributed by atoms with Gasteiger partial charge in [-0.05, 0) is 45.4 Å². The topological polar surface area (TPSA) is 38.7 Å². The van der Waals surface area contributed by atoms with Crippen molar-refractivity contribution in [3.05, 3.63) is 29.3 Å². The zero-order valence-electron chi connectivity index (χ0n) is 11.0. The maximum absolute atomic E-state index is 11.8. The van der Waals surface area contributed by atoms with E-state index >= 15 is 0 Å². The molecule has 0 saturated carbocycles. The Balaban J connectivity index is 2.95. The lowest BCUT2D eigenvalue weighted by atomic mass is 10.1. The molecule has 1 atom stereocenters. The molecule has 17 heavy (non-hydrogen) atoms. The molecular formula is C13H19NO2S. The predicted octanol–water partition coefficient (Wildman–Crippen LogP) is 2.88. The van der Waals surface area contributed by atoms with Gasteiger partial charge in [-0.1, -0.05) is 6.07 Å². The van der Waals surface area contributed by atoms with Crippen LogP contribution in [-0.2, 0) is 11.0 Å². The molecule has 1 aromatic carbocycles. The molecule has 0 saturated heterocycles. The standard InChI is InChI=1S/C13H19NO2S/c1-10-6-7-12(16-5)8-11(10)9-14-17(15)13(2,3)4/h6-9H,1-5H3/t17-/m0/s1. The number of hydrogen-bond acceptors (Lipinski definition) is 2. The SMILES string of the molecule is COc1ccc(C)c(C=N[S@@](=O)C(C)(C)C)c1. The number of methoxy groups -OCH3 is 1. The lowest BCUT2D eigenvalue weighted by Gasteiger charge is -2.13. The highest BCUT2D eigenvalue weighted by Gasteiger charge is 2.18. The fourth-order valence-corrected chi connectivity index (χ4v) is 1.67. The van der Waals surface area contributed by atoms with Crippen molar-refractivity contribution in [3.63, 3.8) is 0 Å². The monoisotopic (exact) mass is 253 g/mol. The maximum Gasteiger partial charge on any atom is 0.144 e. The van der Waals surface area contributed by atoms with Gasteiger partial charge in [-0.3, -0.25) is 0 Å². The lowest BCUT2D eigenvalue weighted by Crippen LogP contribution is -2.19. The first-order valence-corrected chi connectivity index (χ1v) is 6.56. The van der Waals surface area contributed by atoms with Crippen LogP contribution in [0.1, 0.15) is 31.9 Å². The Morgan fingerprint density at radius 2 is 2.00 bits per heavy atom. The molecular weight excluding hydrogens is 234 g/mol. The van der Waals surface area contributed by atoms with Crippen LogP contribution in [0, 0.1) is 6.92 Å². The summed E-state index contributed by atoms with van der Waals surface area (Å²) in [5.74, 6) is 0.776. The summed E-state index contributed by atoms with van der Waals surface area (Å²) >= 11 is 0. The molecule has 0 heterocycles. The number of nitrogens with zero attached hydrogens (tertiary/aromatic N) is 1. The minimum absolute atomic E-state index is 0.330. The Bertz CT molecular complexity index is 447. The molecule has 0 amide bonds. The molecule has 0 aliphatic carbocycles. The summed E-state index contributed by atoms with van der Waals surface area (Å²) in [5, 5.41) is 0. The van der Waals surface area contributed by atoms with Gasteiger partial charge >= 0.3 is 0 Å². The molecule has 0 unspecified atom stereocenters. The molecule has 1 rings (SSSR count). The fourth-order valence-electron chi connectivity index (χ4n) is 1.15. The van der Waals surface area contributed by atoms with Crippen LogP contribution in [0.3, 0.4) is 0 Å². The summed E-state index contributed by atoms with van der Waals surface area (Å²) in [7, 11) is 0.398. The number of benzene rings is 1. The highest BCUT2D eigenvalue weighted by atomic mass is 32.2. The Hall–Kier alpha value is -1.16. The molecule has 1 aromatic rings. The summed E-state index contributed by atoms with van der Waals surface area (Å²) in [4.78, 5) is 0. The van der Waals surface area contributed by atoms with Crippen LogP contribution in [0.5, 0.6) is 5.75 Å². The largest absolute Gasteiger partial charge is 0.497 e. The predicted molar refractivity (Wildman–Crippen MR) is 73.2 cm³/mol. The van der Waals surface area contributed by atoms with Gasteiger partial charge in [0.05, 0.1) is 11.9 Å². The minimum Gasteiger partial charge on any atom is -0.497 e. The molecule has 0 bridgehead atoms. The maximum atomic E-state index is 11.8. The third-order valence-electron chi connectivity index (χ3n) is 2.30. The van der Waals surface area contributed by atoms with Gasteiger partial charge in [-0.2, -0.15) is 4.40 Å². The van der Waals surface area contributed by atoms with Gasteiger partial charge in [0.1, 0.15) is 16.7 Å². The summed E-state index contributed by atoms with van der Waals surface area (Å²) < 4.78 is 20.7. The number of ether oxygens (including phenoxy) is 1. The highest BCUT2D eigenvalue weighted by Crippen LogP contribution is 2.17. The summed E-state index contributed by atoms with van der Waals surface area (Å²) in [6, 6.07) is 5.74. The van der Waals surface area contributed by atoms with E-state index in [-0.39, 0.29) is 4.75 Å². The van der Waals surface area contributed by atoms with Gasteiger partial charge in [0.15, 0.2) is 0 Å². The molecule has 0 aliphatic rings. The summed E-state index contributed by atoms with van der Waals surface area (Å²) in [6.07, 6.45) is 1.65. The first kappa shape index (κ1) is 13.9. The van der Waals surface area contributed by atoms with E-state index < -0.39 is 11.0 Å². The number of rotatable bonds is 3. The van der Waals surface area contributed by atoms with Gasteiger partial charge < -0.3 is 4.74 Å². The highest BCUT2D eigenvalue weighted by molar-refractivity contribution is 7.85. The molecule has 0 N–H and O–H groups in total. The van der Waals surface area contributed by atoms with Crippen molar-refractivity contribution in [2.75, 3.05) is 7.11 Å². The number of hydrogen-bond donors (Lipinski definition) is 0. The van der Waals surface area contributed by atoms with Crippen LogP contribution in [-0.4, -0.2) is 22.3 Å². The molecule has 0 radical (unpaired) electrons. The van der Waals surface area contributed by atoms with Crippen LogP contribution >= 0.6 is 0 Å². The van der Waals surface area contributed by atoms with Crippen LogP contribution in [0.4, 0.5) is 0 Å². The molecule has 0 fully saturated rings. The normalized spacial score (nSPS) is 13.9. The summed E-state index contributed by atoms with van der Waals surface area (Å²) in [5.41, 5.74) is 2.02. The average molecular weight is 253 g/mol. The molecule has 3 nitrogen and oxygen atoms in total. The Morgan fingerprint density at radius 3 is 2.53 bits per heavy atom. The van der Waals surface area contributed by atoms with Gasteiger partial charge in [0, 0.05) is 11.8 Å². The van der Waals surface area contributed by atoms with E-state index in [4.69, 9.17) is 4.74 Å². The first-order valence-electron chi connectivity index (χ1n) is 5.45. The average Bonchev–Trinajstić information content (AvgIpc) is 2.26. The van der Waals surface area contributed by atoms with Crippen molar-refractivity contribution in [3.8, 4) is 5.75 Å². The summed E-state index contributed by atoms with van der Waals surface area (Å²) in [6.45, 7) is 7.69. The van der Waals surface area contributed by atoms with E-state index in [0.29, 0.717) is 0 Å². The van der Waals surface area contributed by atoms with Crippen molar-refractivity contribution >= 4 is 17.2 Å². The van der Waals surface area contributed by atoms with Crippen molar-refractivity contribution in [1.82, 2.24) is 0 Å². The third-order valence-corrected chi connectivity index (χ3v) is 3.64. The van der Waals surface area contributed by atoms with Gasteiger partial charge in [0.25, 0.3) is 0 Å². The molecule has 0 aromatic heterocycles. The van der Waals surface area contributed by atoms with E-state index in [2.05, 4.69) is 4.40 Å². The van der Waals surface area contributed by atoms with E-state index in [1.165, 1.54) is 0 Å². The molecule has 0 aliphatic heterocycles. The van der Waals surface area contributed by atoms with E-state index in [1.54, 1.807) is 13.3 Å². The first-order chi connectivity index (χ1) is 7.84. The smallest absolute Gasteiger partial charge is 0.144 e. The second kappa shape index (κ2) is 5.45. The van der Waals surface area contributed by atoms with E-state index in [1.807, 2.05) is 45.9 Å². The van der Waals surface area contributed by atoms with Crippen LogP contribution in [0.25, 0.3) is 0 Å². The molecule has 94 valence electrons. The van der Waals surface area contributed by atoms with Crippen LogP contribution in [0.15, 0.2) is 22.6 Å².